The van der Waals surface area contributed by atoms with Crippen LogP contribution < -0.4 is 0 Å². The average molecular weight is 319 g/mol. The van der Waals surface area contributed by atoms with Crippen molar-refractivity contribution in [2.45, 2.75) is 24.0 Å². The molecule has 0 aliphatic rings. The van der Waals surface area contributed by atoms with Crippen LogP contribution in [0.15, 0.2) is 40.8 Å². The van der Waals surface area contributed by atoms with E-state index in [4.69, 9.17) is 11.6 Å². The smallest absolute Gasteiger partial charge is 0.246 e. The molecule has 0 bridgehead atoms. The fourth-order valence-electron chi connectivity index (χ4n) is 1.81. The van der Waals surface area contributed by atoms with Crippen molar-refractivity contribution < 1.29 is 0 Å². The molecule has 0 N–H and O–H groups in total. The summed E-state index contributed by atoms with van der Waals surface area (Å²) in [5.41, 5.74) is 2.09. The van der Waals surface area contributed by atoms with E-state index in [1.165, 1.54) is 16.4 Å². The zero-order valence-corrected chi connectivity index (χ0v) is 12.9. The third kappa shape index (κ3) is 3.37. The first kappa shape index (κ1) is 14.0. The number of aryl methyl sites for hydroxylation is 2. The number of rotatable bonds is 3. The van der Waals surface area contributed by atoms with Crippen LogP contribution in [0.5, 0.6) is 0 Å². The van der Waals surface area contributed by atoms with Crippen LogP contribution >= 0.6 is 23.4 Å². The van der Waals surface area contributed by atoms with Gasteiger partial charge in [-0.25, -0.2) is 9.67 Å². The molecule has 0 amide bonds. The van der Waals surface area contributed by atoms with E-state index in [-0.39, 0.29) is 5.28 Å². The topological polar surface area (TPSA) is 69.4 Å². The molecule has 3 aromatic rings. The SMILES string of the molecule is Cc1cc(C)nc(Sc2nc(Cl)nc(-n3cccn3)n2)c1. The number of pyridine rings is 1. The summed E-state index contributed by atoms with van der Waals surface area (Å²) in [7, 11) is 0. The van der Waals surface area contributed by atoms with E-state index in [0.717, 1.165) is 16.3 Å². The van der Waals surface area contributed by atoms with E-state index in [2.05, 4.69) is 25.0 Å². The van der Waals surface area contributed by atoms with Crippen molar-refractivity contribution in [3.63, 3.8) is 0 Å². The Hall–Kier alpha value is -1.99. The molecule has 106 valence electrons. The standard InChI is InChI=1S/C13H11ClN6S/c1-8-6-9(2)16-10(7-8)21-13-18-11(14)17-12(19-13)20-5-3-4-15-20/h3-7H,1-2H3. The second-order valence-electron chi connectivity index (χ2n) is 4.36. The molecule has 6 nitrogen and oxygen atoms in total. The van der Waals surface area contributed by atoms with Gasteiger partial charge in [0.25, 0.3) is 5.95 Å². The Morgan fingerprint density at radius 3 is 2.67 bits per heavy atom. The van der Waals surface area contributed by atoms with Crippen LogP contribution in [0.1, 0.15) is 11.3 Å². The Bertz CT molecular complexity index is 754. The number of hydrogen-bond acceptors (Lipinski definition) is 6. The van der Waals surface area contributed by atoms with Crippen LogP contribution in [-0.4, -0.2) is 29.7 Å². The monoisotopic (exact) mass is 318 g/mol. The van der Waals surface area contributed by atoms with E-state index in [1.807, 2.05) is 26.0 Å². The molecule has 3 aromatic heterocycles. The van der Waals surface area contributed by atoms with Gasteiger partial charge in [0.1, 0.15) is 5.03 Å². The lowest BCUT2D eigenvalue weighted by Gasteiger charge is -2.05. The van der Waals surface area contributed by atoms with E-state index >= 15 is 0 Å². The minimum absolute atomic E-state index is 0.127. The summed E-state index contributed by atoms with van der Waals surface area (Å²) in [4.78, 5) is 17.0. The molecule has 0 saturated heterocycles. The summed E-state index contributed by atoms with van der Waals surface area (Å²) in [6.45, 7) is 3.97. The van der Waals surface area contributed by atoms with Gasteiger partial charge in [-0.15, -0.1) is 0 Å². The summed E-state index contributed by atoms with van der Waals surface area (Å²) in [5.74, 6) is 0.381. The summed E-state index contributed by atoms with van der Waals surface area (Å²) >= 11 is 7.30. The van der Waals surface area contributed by atoms with E-state index in [1.54, 1.807) is 18.5 Å². The van der Waals surface area contributed by atoms with Crippen molar-refractivity contribution in [3.8, 4) is 5.95 Å². The van der Waals surface area contributed by atoms with E-state index in [9.17, 15) is 0 Å². The predicted octanol–water partition coefficient (Wildman–Crippen LogP) is 2.87. The van der Waals surface area contributed by atoms with Crippen LogP contribution in [0, 0.1) is 13.8 Å². The Labute approximate surface area is 130 Å². The highest BCUT2D eigenvalue weighted by atomic mass is 35.5. The highest BCUT2D eigenvalue weighted by molar-refractivity contribution is 7.99. The maximum absolute atomic E-state index is 5.96. The molecule has 0 aliphatic heterocycles. The van der Waals surface area contributed by atoms with Crippen molar-refractivity contribution in [3.05, 3.63) is 47.1 Å². The molecular formula is C13H11ClN6S. The number of hydrogen-bond donors (Lipinski definition) is 0. The lowest BCUT2D eigenvalue weighted by atomic mass is 10.3. The van der Waals surface area contributed by atoms with Crippen LogP contribution in [0.25, 0.3) is 5.95 Å². The summed E-state index contributed by atoms with van der Waals surface area (Å²) in [6, 6.07) is 5.78. The molecular weight excluding hydrogens is 308 g/mol. The number of aromatic nitrogens is 6. The maximum Gasteiger partial charge on any atom is 0.255 e. The summed E-state index contributed by atoms with van der Waals surface area (Å²) in [5, 5.41) is 5.52. The summed E-state index contributed by atoms with van der Waals surface area (Å²) < 4.78 is 1.53. The first-order valence-electron chi connectivity index (χ1n) is 6.15. The Morgan fingerprint density at radius 2 is 1.95 bits per heavy atom. The van der Waals surface area contributed by atoms with Gasteiger partial charge < -0.3 is 0 Å². The first-order chi connectivity index (χ1) is 10.1. The second-order valence-corrected chi connectivity index (χ2v) is 5.69. The lowest BCUT2D eigenvalue weighted by molar-refractivity contribution is 0.758. The van der Waals surface area contributed by atoms with Gasteiger partial charge in [0.15, 0.2) is 5.16 Å². The molecule has 0 unspecified atom stereocenters. The molecule has 0 aliphatic carbocycles. The Balaban J connectivity index is 1.95. The van der Waals surface area contributed by atoms with E-state index < -0.39 is 0 Å². The van der Waals surface area contributed by atoms with Gasteiger partial charge in [0, 0.05) is 18.1 Å². The third-order valence-corrected chi connectivity index (χ3v) is 3.51. The normalized spacial score (nSPS) is 10.8. The molecule has 3 heterocycles. The zero-order chi connectivity index (χ0) is 14.8. The van der Waals surface area contributed by atoms with Crippen LogP contribution in [0.3, 0.4) is 0 Å². The van der Waals surface area contributed by atoms with Gasteiger partial charge in [-0.3, -0.25) is 0 Å². The Morgan fingerprint density at radius 1 is 1.10 bits per heavy atom. The zero-order valence-electron chi connectivity index (χ0n) is 11.4. The van der Waals surface area contributed by atoms with Gasteiger partial charge in [0.05, 0.1) is 0 Å². The second kappa shape index (κ2) is 5.79. The quantitative estimate of drug-likeness (QED) is 0.739. The fraction of sp³-hybridized carbons (Fsp3) is 0.154. The van der Waals surface area contributed by atoms with Gasteiger partial charge in [0.2, 0.25) is 5.28 Å². The fourth-order valence-corrected chi connectivity index (χ4v) is 2.89. The summed E-state index contributed by atoms with van der Waals surface area (Å²) in [6.07, 6.45) is 3.39. The van der Waals surface area contributed by atoms with Crippen LogP contribution in [-0.2, 0) is 0 Å². The van der Waals surface area contributed by atoms with Crippen LogP contribution in [0.4, 0.5) is 0 Å². The predicted molar refractivity (Wildman–Crippen MR) is 79.8 cm³/mol. The number of halogens is 1. The largest absolute Gasteiger partial charge is 0.255 e. The molecule has 8 heteroatoms. The van der Waals surface area contributed by atoms with Crippen molar-refractivity contribution in [1.82, 2.24) is 29.7 Å². The van der Waals surface area contributed by atoms with Crippen molar-refractivity contribution in [2.24, 2.45) is 0 Å². The van der Waals surface area contributed by atoms with Crippen LogP contribution in [0.2, 0.25) is 5.28 Å². The van der Waals surface area contributed by atoms with Gasteiger partial charge in [-0.05, 0) is 61.0 Å². The molecule has 21 heavy (non-hydrogen) atoms. The van der Waals surface area contributed by atoms with E-state index in [0.29, 0.717) is 11.1 Å². The van der Waals surface area contributed by atoms with Crippen molar-refractivity contribution in [1.29, 1.82) is 0 Å². The van der Waals surface area contributed by atoms with Crippen molar-refractivity contribution >= 4 is 23.4 Å². The maximum atomic E-state index is 5.96. The minimum Gasteiger partial charge on any atom is -0.246 e. The van der Waals surface area contributed by atoms with Gasteiger partial charge in [-0.2, -0.15) is 20.1 Å². The molecule has 3 rings (SSSR count). The average Bonchev–Trinajstić information content (AvgIpc) is 2.90. The molecule has 0 saturated carbocycles. The highest BCUT2D eigenvalue weighted by Gasteiger charge is 2.10. The molecule has 0 aromatic carbocycles. The van der Waals surface area contributed by atoms with Gasteiger partial charge in [-0.1, -0.05) is 0 Å². The highest BCUT2D eigenvalue weighted by Crippen LogP contribution is 2.25. The molecule has 0 radical (unpaired) electrons. The Kier molecular flexibility index (Phi) is 3.85. The molecule has 0 atom stereocenters. The molecule has 0 fully saturated rings. The first-order valence-corrected chi connectivity index (χ1v) is 7.34. The third-order valence-electron chi connectivity index (χ3n) is 2.56. The van der Waals surface area contributed by atoms with Crippen molar-refractivity contribution in [2.75, 3.05) is 0 Å². The number of nitrogens with zero attached hydrogens (tertiary/aromatic N) is 6. The molecule has 0 spiro atoms. The minimum atomic E-state index is 0.127. The van der Waals surface area contributed by atoms with Gasteiger partial charge >= 0.3 is 0 Å². The lowest BCUT2D eigenvalue weighted by Crippen LogP contribution is -2.04.